The maximum Gasteiger partial charge on any atom is 0.224 e. The molecule has 1 aromatic rings. The van der Waals surface area contributed by atoms with Crippen LogP contribution in [-0.2, 0) is 11.2 Å². The van der Waals surface area contributed by atoms with Gasteiger partial charge in [0.15, 0.2) is 0 Å². The van der Waals surface area contributed by atoms with Gasteiger partial charge in [0.25, 0.3) is 0 Å². The van der Waals surface area contributed by atoms with Crippen molar-refractivity contribution < 1.29 is 9.90 Å². The monoisotopic (exact) mass is 235 g/mol. The summed E-state index contributed by atoms with van der Waals surface area (Å²) in [4.78, 5) is 11.7. The Morgan fingerprint density at radius 2 is 2.00 bits per heavy atom. The van der Waals surface area contributed by atoms with Crippen molar-refractivity contribution in [2.24, 2.45) is 5.92 Å². The zero-order chi connectivity index (χ0) is 12.8. The van der Waals surface area contributed by atoms with Crippen LogP contribution in [0.3, 0.4) is 0 Å². The van der Waals surface area contributed by atoms with E-state index in [9.17, 15) is 9.90 Å². The second-order valence-electron chi connectivity index (χ2n) is 4.72. The predicted octanol–water partition coefficient (Wildman–Crippen LogP) is 1.67. The van der Waals surface area contributed by atoms with Crippen LogP contribution in [0.15, 0.2) is 24.3 Å². The van der Waals surface area contributed by atoms with E-state index in [2.05, 4.69) is 5.32 Å². The van der Waals surface area contributed by atoms with Gasteiger partial charge in [0.1, 0.15) is 0 Å². The molecule has 0 aliphatic carbocycles. The molecule has 0 spiro atoms. The fourth-order valence-corrected chi connectivity index (χ4v) is 1.50. The summed E-state index contributed by atoms with van der Waals surface area (Å²) in [5, 5.41) is 12.3. The van der Waals surface area contributed by atoms with Crippen LogP contribution in [0, 0.1) is 12.8 Å². The van der Waals surface area contributed by atoms with Crippen LogP contribution >= 0.6 is 0 Å². The molecule has 0 radical (unpaired) electrons. The number of nitrogens with one attached hydrogen (secondary N) is 1. The maximum absolute atomic E-state index is 11.7. The normalized spacial score (nSPS) is 12.5. The molecule has 1 atom stereocenters. The molecule has 0 fully saturated rings. The third-order valence-electron chi connectivity index (χ3n) is 2.89. The van der Waals surface area contributed by atoms with E-state index in [0.717, 1.165) is 11.1 Å². The Hall–Kier alpha value is -1.35. The second kappa shape index (κ2) is 6.40. The minimum Gasteiger partial charge on any atom is -0.391 e. The van der Waals surface area contributed by atoms with Crippen molar-refractivity contribution in [1.29, 1.82) is 0 Å². The summed E-state index contributed by atoms with van der Waals surface area (Å²) >= 11 is 0. The Labute approximate surface area is 103 Å². The SMILES string of the molecule is Cc1ccccc1CC(=O)NCC(O)C(C)C. The first-order valence-electron chi connectivity index (χ1n) is 6.00. The summed E-state index contributed by atoms with van der Waals surface area (Å²) in [6.45, 7) is 6.17. The lowest BCUT2D eigenvalue weighted by Gasteiger charge is -2.15. The summed E-state index contributed by atoms with van der Waals surface area (Å²) in [5.41, 5.74) is 2.15. The summed E-state index contributed by atoms with van der Waals surface area (Å²) in [5.74, 6) is 0.118. The molecule has 94 valence electrons. The molecular formula is C14H21NO2. The van der Waals surface area contributed by atoms with Crippen molar-refractivity contribution in [3.05, 3.63) is 35.4 Å². The van der Waals surface area contributed by atoms with Gasteiger partial charge in [-0.2, -0.15) is 0 Å². The lowest BCUT2D eigenvalue weighted by Crippen LogP contribution is -2.35. The maximum atomic E-state index is 11.7. The lowest BCUT2D eigenvalue weighted by atomic mass is 10.1. The zero-order valence-electron chi connectivity index (χ0n) is 10.7. The van der Waals surface area contributed by atoms with Gasteiger partial charge in [0.2, 0.25) is 5.91 Å². The largest absolute Gasteiger partial charge is 0.391 e. The summed E-state index contributed by atoms with van der Waals surface area (Å²) in [7, 11) is 0. The highest BCUT2D eigenvalue weighted by atomic mass is 16.3. The molecule has 1 rings (SSSR count). The molecule has 0 heterocycles. The molecule has 0 saturated carbocycles. The highest BCUT2D eigenvalue weighted by molar-refractivity contribution is 5.78. The average Bonchev–Trinajstić information content (AvgIpc) is 2.29. The predicted molar refractivity (Wildman–Crippen MR) is 68.7 cm³/mol. The van der Waals surface area contributed by atoms with Gasteiger partial charge in [-0.15, -0.1) is 0 Å². The first kappa shape index (κ1) is 13.7. The van der Waals surface area contributed by atoms with Crippen molar-refractivity contribution in [2.45, 2.75) is 33.3 Å². The number of amides is 1. The van der Waals surface area contributed by atoms with Crippen LogP contribution in [0.2, 0.25) is 0 Å². The average molecular weight is 235 g/mol. The quantitative estimate of drug-likeness (QED) is 0.815. The van der Waals surface area contributed by atoms with E-state index in [1.165, 1.54) is 0 Å². The minimum atomic E-state index is -0.476. The molecule has 0 aromatic heterocycles. The molecular weight excluding hydrogens is 214 g/mol. The standard InChI is InChI=1S/C14H21NO2/c1-10(2)13(16)9-15-14(17)8-12-7-5-4-6-11(12)3/h4-7,10,13,16H,8-9H2,1-3H3,(H,15,17). The molecule has 1 unspecified atom stereocenters. The van der Waals surface area contributed by atoms with Crippen LogP contribution in [0.5, 0.6) is 0 Å². The van der Waals surface area contributed by atoms with Gasteiger partial charge in [-0.25, -0.2) is 0 Å². The van der Waals surface area contributed by atoms with Gasteiger partial charge in [0, 0.05) is 6.54 Å². The number of aryl methyl sites for hydroxylation is 1. The first-order chi connectivity index (χ1) is 8.00. The summed E-state index contributed by atoms with van der Waals surface area (Å²) in [6.07, 6.45) is -0.104. The van der Waals surface area contributed by atoms with E-state index in [0.29, 0.717) is 13.0 Å². The van der Waals surface area contributed by atoms with Crippen molar-refractivity contribution in [3.8, 4) is 0 Å². The third-order valence-corrected chi connectivity index (χ3v) is 2.89. The van der Waals surface area contributed by atoms with E-state index in [-0.39, 0.29) is 11.8 Å². The van der Waals surface area contributed by atoms with Gasteiger partial charge >= 0.3 is 0 Å². The molecule has 3 nitrogen and oxygen atoms in total. The Morgan fingerprint density at radius 3 is 2.59 bits per heavy atom. The number of aliphatic hydroxyl groups excluding tert-OH is 1. The Balaban J connectivity index is 2.43. The molecule has 2 N–H and O–H groups in total. The fourth-order valence-electron chi connectivity index (χ4n) is 1.50. The van der Waals surface area contributed by atoms with E-state index < -0.39 is 6.10 Å². The van der Waals surface area contributed by atoms with Gasteiger partial charge < -0.3 is 10.4 Å². The third kappa shape index (κ3) is 4.57. The molecule has 17 heavy (non-hydrogen) atoms. The number of hydrogen-bond acceptors (Lipinski definition) is 2. The number of carbonyl (C=O) groups is 1. The number of rotatable bonds is 5. The Bertz CT molecular complexity index is 374. The molecule has 1 amide bonds. The van der Waals surface area contributed by atoms with Crippen molar-refractivity contribution in [2.75, 3.05) is 6.54 Å². The van der Waals surface area contributed by atoms with E-state index in [1.807, 2.05) is 45.0 Å². The summed E-state index contributed by atoms with van der Waals surface area (Å²) < 4.78 is 0. The van der Waals surface area contributed by atoms with E-state index in [4.69, 9.17) is 0 Å². The highest BCUT2D eigenvalue weighted by Crippen LogP contribution is 2.07. The van der Waals surface area contributed by atoms with Crippen LogP contribution in [-0.4, -0.2) is 23.7 Å². The van der Waals surface area contributed by atoms with E-state index >= 15 is 0 Å². The molecule has 0 aliphatic heterocycles. The van der Waals surface area contributed by atoms with Crippen LogP contribution in [0.1, 0.15) is 25.0 Å². The Kier molecular flexibility index (Phi) is 5.16. The summed E-state index contributed by atoms with van der Waals surface area (Å²) in [6, 6.07) is 7.83. The first-order valence-corrected chi connectivity index (χ1v) is 6.00. The zero-order valence-corrected chi connectivity index (χ0v) is 10.7. The molecule has 1 aromatic carbocycles. The lowest BCUT2D eigenvalue weighted by molar-refractivity contribution is -0.121. The van der Waals surface area contributed by atoms with Crippen LogP contribution < -0.4 is 5.32 Å². The highest BCUT2D eigenvalue weighted by Gasteiger charge is 2.11. The smallest absolute Gasteiger partial charge is 0.224 e. The molecule has 0 bridgehead atoms. The number of aliphatic hydroxyl groups is 1. The number of hydrogen-bond donors (Lipinski definition) is 2. The van der Waals surface area contributed by atoms with Crippen LogP contribution in [0.25, 0.3) is 0 Å². The number of benzene rings is 1. The molecule has 0 aliphatic rings. The van der Waals surface area contributed by atoms with E-state index in [1.54, 1.807) is 0 Å². The fraction of sp³-hybridized carbons (Fsp3) is 0.500. The van der Waals surface area contributed by atoms with Crippen molar-refractivity contribution in [1.82, 2.24) is 5.32 Å². The molecule has 0 saturated heterocycles. The Morgan fingerprint density at radius 1 is 1.35 bits per heavy atom. The van der Waals surface area contributed by atoms with Gasteiger partial charge in [-0.05, 0) is 24.0 Å². The van der Waals surface area contributed by atoms with Gasteiger partial charge in [-0.1, -0.05) is 38.1 Å². The van der Waals surface area contributed by atoms with Crippen molar-refractivity contribution >= 4 is 5.91 Å². The van der Waals surface area contributed by atoms with Gasteiger partial charge in [0.05, 0.1) is 12.5 Å². The number of carbonyl (C=O) groups excluding carboxylic acids is 1. The van der Waals surface area contributed by atoms with Crippen LogP contribution in [0.4, 0.5) is 0 Å². The van der Waals surface area contributed by atoms with Crippen molar-refractivity contribution in [3.63, 3.8) is 0 Å². The topological polar surface area (TPSA) is 49.3 Å². The minimum absolute atomic E-state index is 0.0426. The van der Waals surface area contributed by atoms with Gasteiger partial charge in [-0.3, -0.25) is 4.79 Å². The molecule has 3 heteroatoms. The second-order valence-corrected chi connectivity index (χ2v) is 4.72.